The summed E-state index contributed by atoms with van der Waals surface area (Å²) in [5.41, 5.74) is 5.35. The summed E-state index contributed by atoms with van der Waals surface area (Å²) >= 11 is 0. The average Bonchev–Trinajstić information content (AvgIpc) is 2.95. The second kappa shape index (κ2) is 11.8. The molecule has 0 unspecified atom stereocenters. The Labute approximate surface area is 233 Å². The number of hydrogen-bond acceptors (Lipinski definition) is 8. The standard InChI is InChI=1S/C29H30N6O4S/c1-20-26(23-4-3-13-30-18-23)33-27(34-28(20)35-14-16-39-17-15-35)22-7-11-25(12-8-22)32-29(36)31-24-9-5-21(6-10-24)19-40(2,37)38/h3-13,18H,14-17,19H2,1-2H3,(H2,31,32,36). The van der Waals surface area contributed by atoms with Gasteiger partial charge >= 0.3 is 6.03 Å². The topological polar surface area (TPSA) is 126 Å². The number of pyridine rings is 1. The molecule has 10 nitrogen and oxygen atoms in total. The van der Waals surface area contributed by atoms with Gasteiger partial charge in [-0.25, -0.2) is 23.2 Å². The van der Waals surface area contributed by atoms with Crippen LogP contribution in [-0.2, 0) is 20.3 Å². The zero-order chi connectivity index (χ0) is 28.1. The molecule has 1 saturated heterocycles. The number of rotatable bonds is 7. The molecule has 2 aromatic carbocycles. The van der Waals surface area contributed by atoms with E-state index in [4.69, 9.17) is 14.7 Å². The number of hydrogen-bond donors (Lipinski definition) is 2. The third-order valence-electron chi connectivity index (χ3n) is 6.41. The van der Waals surface area contributed by atoms with Crippen LogP contribution in [0.3, 0.4) is 0 Å². The lowest BCUT2D eigenvalue weighted by atomic mass is 10.1. The Morgan fingerprint density at radius 2 is 1.57 bits per heavy atom. The molecule has 0 saturated carbocycles. The van der Waals surface area contributed by atoms with Gasteiger partial charge < -0.3 is 20.3 Å². The lowest BCUT2D eigenvalue weighted by molar-refractivity contribution is 0.122. The van der Waals surface area contributed by atoms with Crippen molar-refractivity contribution in [3.63, 3.8) is 0 Å². The molecule has 1 fully saturated rings. The van der Waals surface area contributed by atoms with Crippen LogP contribution in [0.15, 0.2) is 73.1 Å². The molecule has 2 N–H and O–H groups in total. The van der Waals surface area contributed by atoms with Crippen LogP contribution in [-0.4, -0.2) is 62.0 Å². The number of amides is 2. The summed E-state index contributed by atoms with van der Waals surface area (Å²) in [4.78, 5) is 28.9. The highest BCUT2D eigenvalue weighted by molar-refractivity contribution is 7.89. The first-order chi connectivity index (χ1) is 19.2. The van der Waals surface area contributed by atoms with Crippen molar-refractivity contribution in [1.82, 2.24) is 15.0 Å². The van der Waals surface area contributed by atoms with E-state index in [0.717, 1.165) is 41.3 Å². The molecule has 2 amide bonds. The van der Waals surface area contributed by atoms with Gasteiger partial charge in [-0.3, -0.25) is 4.98 Å². The number of nitrogens with one attached hydrogen (secondary N) is 2. The summed E-state index contributed by atoms with van der Waals surface area (Å²) in [6.07, 6.45) is 4.72. The summed E-state index contributed by atoms with van der Waals surface area (Å²) in [5.74, 6) is 1.40. The van der Waals surface area contributed by atoms with Gasteiger partial charge in [0.2, 0.25) is 0 Å². The van der Waals surface area contributed by atoms with Crippen molar-refractivity contribution in [1.29, 1.82) is 0 Å². The number of carbonyl (C=O) groups is 1. The summed E-state index contributed by atoms with van der Waals surface area (Å²) in [6.45, 7) is 4.83. The van der Waals surface area contributed by atoms with Crippen molar-refractivity contribution >= 4 is 33.1 Å². The predicted octanol–water partition coefficient (Wildman–Crippen LogP) is 4.54. The third kappa shape index (κ3) is 6.80. The zero-order valence-corrected chi connectivity index (χ0v) is 23.1. The normalized spacial score (nSPS) is 13.6. The van der Waals surface area contributed by atoms with E-state index in [0.29, 0.717) is 36.0 Å². The first kappa shape index (κ1) is 27.2. The first-order valence-corrected chi connectivity index (χ1v) is 14.9. The molecular formula is C29H30N6O4S. The van der Waals surface area contributed by atoms with Gasteiger partial charge in [0.25, 0.3) is 0 Å². The number of urea groups is 1. The Morgan fingerprint density at radius 3 is 2.17 bits per heavy atom. The molecule has 0 bridgehead atoms. The summed E-state index contributed by atoms with van der Waals surface area (Å²) in [7, 11) is -3.12. The Balaban J connectivity index is 1.33. The molecule has 5 rings (SSSR count). The summed E-state index contributed by atoms with van der Waals surface area (Å²) in [6, 6.07) is 17.5. The van der Waals surface area contributed by atoms with Crippen molar-refractivity contribution in [2.24, 2.45) is 0 Å². The Hall–Kier alpha value is -4.35. The van der Waals surface area contributed by atoms with E-state index in [9.17, 15) is 13.2 Å². The number of sulfone groups is 1. The fourth-order valence-corrected chi connectivity index (χ4v) is 5.28. The van der Waals surface area contributed by atoms with Crippen LogP contribution in [0, 0.1) is 6.92 Å². The highest BCUT2D eigenvalue weighted by atomic mass is 32.2. The molecule has 2 aromatic heterocycles. The zero-order valence-electron chi connectivity index (χ0n) is 22.3. The second-order valence-corrected chi connectivity index (χ2v) is 11.7. The number of nitrogens with zero attached hydrogens (tertiary/aromatic N) is 4. The molecule has 11 heteroatoms. The first-order valence-electron chi connectivity index (χ1n) is 12.8. The monoisotopic (exact) mass is 558 g/mol. The lowest BCUT2D eigenvalue weighted by Gasteiger charge is -2.30. The number of ether oxygens (including phenoxy) is 1. The van der Waals surface area contributed by atoms with E-state index in [1.807, 2.05) is 31.2 Å². The Morgan fingerprint density at radius 1 is 0.925 bits per heavy atom. The van der Waals surface area contributed by atoms with Gasteiger partial charge in [0.05, 0.1) is 24.7 Å². The minimum absolute atomic E-state index is 0.0474. The van der Waals surface area contributed by atoms with E-state index in [1.54, 1.807) is 48.8 Å². The molecule has 206 valence electrons. The third-order valence-corrected chi connectivity index (χ3v) is 7.27. The van der Waals surface area contributed by atoms with Crippen LogP contribution in [0.4, 0.5) is 22.0 Å². The van der Waals surface area contributed by atoms with Crippen molar-refractivity contribution in [3.05, 3.63) is 84.2 Å². The van der Waals surface area contributed by atoms with E-state index >= 15 is 0 Å². The molecule has 1 aliphatic heterocycles. The minimum atomic E-state index is -3.12. The minimum Gasteiger partial charge on any atom is -0.378 e. The van der Waals surface area contributed by atoms with Crippen molar-refractivity contribution in [2.75, 3.05) is 48.1 Å². The molecule has 0 aliphatic carbocycles. The Kier molecular flexibility index (Phi) is 8.04. The number of anilines is 3. The van der Waals surface area contributed by atoms with Crippen LogP contribution < -0.4 is 15.5 Å². The summed E-state index contributed by atoms with van der Waals surface area (Å²) in [5, 5.41) is 5.57. The van der Waals surface area contributed by atoms with Crippen molar-refractivity contribution in [2.45, 2.75) is 12.7 Å². The van der Waals surface area contributed by atoms with Gasteiger partial charge in [0, 0.05) is 59.8 Å². The Bertz CT molecular complexity index is 1590. The lowest BCUT2D eigenvalue weighted by Crippen LogP contribution is -2.37. The molecular weight excluding hydrogens is 528 g/mol. The maximum atomic E-state index is 12.5. The van der Waals surface area contributed by atoms with Gasteiger partial charge in [0.1, 0.15) is 5.82 Å². The molecule has 0 atom stereocenters. The van der Waals surface area contributed by atoms with Gasteiger partial charge in [-0.05, 0) is 61.0 Å². The van der Waals surface area contributed by atoms with E-state index in [1.165, 1.54) is 6.26 Å². The average molecular weight is 559 g/mol. The van der Waals surface area contributed by atoms with E-state index in [2.05, 4.69) is 20.5 Å². The summed E-state index contributed by atoms with van der Waals surface area (Å²) < 4.78 is 28.5. The quantitative estimate of drug-likeness (QED) is 0.339. The molecule has 3 heterocycles. The van der Waals surface area contributed by atoms with Crippen LogP contribution in [0.5, 0.6) is 0 Å². The molecule has 1 aliphatic rings. The number of benzene rings is 2. The van der Waals surface area contributed by atoms with Crippen LogP contribution in [0.2, 0.25) is 0 Å². The number of aromatic nitrogens is 3. The molecule has 4 aromatic rings. The van der Waals surface area contributed by atoms with E-state index in [-0.39, 0.29) is 5.75 Å². The van der Waals surface area contributed by atoms with Crippen LogP contribution in [0.1, 0.15) is 11.1 Å². The highest BCUT2D eigenvalue weighted by Gasteiger charge is 2.20. The fraction of sp³-hybridized carbons (Fsp3) is 0.241. The van der Waals surface area contributed by atoms with Gasteiger partial charge in [-0.1, -0.05) is 12.1 Å². The van der Waals surface area contributed by atoms with Crippen LogP contribution in [0.25, 0.3) is 22.6 Å². The number of carbonyl (C=O) groups excluding carboxylic acids is 1. The van der Waals surface area contributed by atoms with E-state index < -0.39 is 15.9 Å². The maximum absolute atomic E-state index is 12.5. The van der Waals surface area contributed by atoms with Crippen LogP contribution >= 0.6 is 0 Å². The highest BCUT2D eigenvalue weighted by Crippen LogP contribution is 2.31. The maximum Gasteiger partial charge on any atom is 0.323 e. The fourth-order valence-electron chi connectivity index (χ4n) is 4.48. The molecule has 40 heavy (non-hydrogen) atoms. The SMILES string of the molecule is Cc1c(-c2cccnc2)nc(-c2ccc(NC(=O)Nc3ccc(CS(C)(=O)=O)cc3)cc2)nc1N1CCOCC1. The largest absolute Gasteiger partial charge is 0.378 e. The molecule has 0 spiro atoms. The number of morpholine rings is 1. The van der Waals surface area contributed by atoms with Crippen molar-refractivity contribution < 1.29 is 17.9 Å². The second-order valence-electron chi connectivity index (χ2n) is 9.61. The smallest absolute Gasteiger partial charge is 0.323 e. The molecule has 0 radical (unpaired) electrons. The van der Waals surface area contributed by atoms with Crippen molar-refractivity contribution in [3.8, 4) is 22.6 Å². The van der Waals surface area contributed by atoms with Gasteiger partial charge in [0.15, 0.2) is 15.7 Å². The van der Waals surface area contributed by atoms with Gasteiger partial charge in [-0.15, -0.1) is 0 Å². The predicted molar refractivity (Wildman–Crippen MR) is 156 cm³/mol. The van der Waals surface area contributed by atoms with Gasteiger partial charge in [-0.2, -0.15) is 0 Å².